The molecular weight excluding hydrogens is 232 g/mol. The van der Waals surface area contributed by atoms with E-state index in [1.54, 1.807) is 11.3 Å². The largest absolute Gasteiger partial charge is 0.368 e. The molecule has 17 heavy (non-hydrogen) atoms. The van der Waals surface area contributed by atoms with Gasteiger partial charge in [0, 0.05) is 11.4 Å². The molecule has 96 valence electrons. The minimum Gasteiger partial charge on any atom is -0.368 e. The van der Waals surface area contributed by atoms with Crippen LogP contribution in [0.2, 0.25) is 0 Å². The van der Waals surface area contributed by atoms with Crippen molar-refractivity contribution in [1.29, 1.82) is 0 Å². The Labute approximate surface area is 107 Å². The molecule has 1 aromatic heterocycles. The van der Waals surface area contributed by atoms with E-state index in [0.29, 0.717) is 0 Å². The Morgan fingerprint density at radius 3 is 2.88 bits per heavy atom. The molecular formula is C13H22N2OS. The highest BCUT2D eigenvalue weighted by Gasteiger charge is 2.13. The monoisotopic (exact) mass is 254 g/mol. The fourth-order valence-electron chi connectivity index (χ4n) is 1.76. The molecule has 0 saturated carbocycles. The molecule has 0 spiro atoms. The van der Waals surface area contributed by atoms with E-state index >= 15 is 0 Å². The van der Waals surface area contributed by atoms with Gasteiger partial charge in [0.1, 0.15) is 0 Å². The summed E-state index contributed by atoms with van der Waals surface area (Å²) in [5.74, 6) is -0.238. The van der Waals surface area contributed by atoms with E-state index < -0.39 is 0 Å². The van der Waals surface area contributed by atoms with Crippen LogP contribution in [0.1, 0.15) is 43.9 Å². The van der Waals surface area contributed by atoms with Crippen LogP contribution in [0, 0.1) is 0 Å². The summed E-state index contributed by atoms with van der Waals surface area (Å²) in [4.78, 5) is 12.5. The van der Waals surface area contributed by atoms with E-state index in [1.807, 2.05) is 11.4 Å². The predicted octanol–water partition coefficient (Wildman–Crippen LogP) is 2.66. The van der Waals surface area contributed by atoms with E-state index in [2.05, 4.69) is 18.3 Å². The lowest BCUT2D eigenvalue weighted by atomic mass is 10.1. The van der Waals surface area contributed by atoms with Crippen molar-refractivity contribution in [2.75, 3.05) is 0 Å². The zero-order valence-corrected chi connectivity index (χ0v) is 11.3. The van der Waals surface area contributed by atoms with Gasteiger partial charge in [-0.15, -0.1) is 11.3 Å². The molecule has 4 heteroatoms. The van der Waals surface area contributed by atoms with Gasteiger partial charge in [0.25, 0.3) is 0 Å². The Morgan fingerprint density at radius 2 is 2.29 bits per heavy atom. The van der Waals surface area contributed by atoms with Crippen molar-refractivity contribution in [1.82, 2.24) is 5.32 Å². The second kappa shape index (κ2) is 8.25. The SMILES string of the molecule is CCCCCCC(NCc1cccs1)C(N)=O. The molecule has 1 atom stereocenters. The van der Waals surface area contributed by atoms with Crippen LogP contribution in [0.25, 0.3) is 0 Å². The second-order valence-electron chi connectivity index (χ2n) is 4.26. The Bertz CT molecular complexity index is 311. The molecule has 0 saturated heterocycles. The van der Waals surface area contributed by atoms with Crippen molar-refractivity contribution < 1.29 is 4.79 Å². The quantitative estimate of drug-likeness (QED) is 0.666. The number of rotatable bonds is 9. The lowest BCUT2D eigenvalue weighted by Gasteiger charge is -2.14. The average molecular weight is 254 g/mol. The van der Waals surface area contributed by atoms with Gasteiger partial charge in [-0.2, -0.15) is 0 Å². The zero-order chi connectivity index (χ0) is 12.5. The summed E-state index contributed by atoms with van der Waals surface area (Å²) in [6.07, 6.45) is 5.54. The number of thiophene rings is 1. The van der Waals surface area contributed by atoms with Gasteiger partial charge in [0.2, 0.25) is 5.91 Å². The van der Waals surface area contributed by atoms with Crippen LogP contribution in [-0.4, -0.2) is 11.9 Å². The van der Waals surface area contributed by atoms with Crippen molar-refractivity contribution in [2.45, 2.75) is 51.6 Å². The highest BCUT2D eigenvalue weighted by molar-refractivity contribution is 7.09. The van der Waals surface area contributed by atoms with E-state index in [4.69, 9.17) is 5.73 Å². The molecule has 1 unspecified atom stereocenters. The van der Waals surface area contributed by atoms with Crippen molar-refractivity contribution in [2.24, 2.45) is 5.73 Å². The van der Waals surface area contributed by atoms with E-state index in [9.17, 15) is 4.79 Å². The first-order chi connectivity index (χ1) is 8.24. The molecule has 1 heterocycles. The van der Waals surface area contributed by atoms with Crippen LogP contribution >= 0.6 is 11.3 Å². The van der Waals surface area contributed by atoms with E-state index in [0.717, 1.165) is 19.4 Å². The number of unbranched alkanes of at least 4 members (excludes halogenated alkanes) is 3. The highest BCUT2D eigenvalue weighted by atomic mass is 32.1. The van der Waals surface area contributed by atoms with Gasteiger partial charge in [0.15, 0.2) is 0 Å². The number of nitrogens with two attached hydrogens (primary N) is 1. The third-order valence-electron chi connectivity index (χ3n) is 2.79. The lowest BCUT2D eigenvalue weighted by Crippen LogP contribution is -2.40. The van der Waals surface area contributed by atoms with Gasteiger partial charge in [-0.05, 0) is 17.9 Å². The zero-order valence-electron chi connectivity index (χ0n) is 10.4. The number of amides is 1. The van der Waals surface area contributed by atoms with Gasteiger partial charge in [-0.3, -0.25) is 4.79 Å². The fourth-order valence-corrected chi connectivity index (χ4v) is 2.41. The normalized spacial score (nSPS) is 12.5. The van der Waals surface area contributed by atoms with Crippen LogP contribution in [0.4, 0.5) is 0 Å². The van der Waals surface area contributed by atoms with Crippen LogP contribution in [0.3, 0.4) is 0 Å². The molecule has 1 rings (SSSR count). The highest BCUT2D eigenvalue weighted by Crippen LogP contribution is 2.10. The lowest BCUT2D eigenvalue weighted by molar-refractivity contribution is -0.120. The average Bonchev–Trinajstić information content (AvgIpc) is 2.80. The Balaban J connectivity index is 2.25. The Hall–Kier alpha value is -0.870. The van der Waals surface area contributed by atoms with Gasteiger partial charge in [-0.25, -0.2) is 0 Å². The van der Waals surface area contributed by atoms with E-state index in [1.165, 1.54) is 24.1 Å². The number of primary amides is 1. The van der Waals surface area contributed by atoms with Crippen LogP contribution < -0.4 is 11.1 Å². The molecule has 0 fully saturated rings. The first kappa shape index (κ1) is 14.2. The number of nitrogens with one attached hydrogen (secondary N) is 1. The van der Waals surface area contributed by atoms with Crippen molar-refractivity contribution in [3.05, 3.63) is 22.4 Å². The third kappa shape index (κ3) is 5.84. The summed E-state index contributed by atoms with van der Waals surface area (Å²) in [7, 11) is 0. The predicted molar refractivity (Wildman–Crippen MR) is 72.9 cm³/mol. The first-order valence-corrected chi connectivity index (χ1v) is 7.17. The molecule has 3 N–H and O–H groups in total. The minimum absolute atomic E-state index is 0.186. The van der Waals surface area contributed by atoms with Gasteiger partial charge >= 0.3 is 0 Å². The van der Waals surface area contributed by atoms with Crippen molar-refractivity contribution >= 4 is 17.2 Å². The summed E-state index contributed by atoms with van der Waals surface area (Å²) in [5, 5.41) is 5.27. The summed E-state index contributed by atoms with van der Waals surface area (Å²) in [6.45, 7) is 2.92. The fraction of sp³-hybridized carbons (Fsp3) is 0.615. The molecule has 3 nitrogen and oxygen atoms in total. The first-order valence-electron chi connectivity index (χ1n) is 6.29. The van der Waals surface area contributed by atoms with Crippen molar-refractivity contribution in [3.8, 4) is 0 Å². The maximum absolute atomic E-state index is 11.3. The molecule has 1 aromatic rings. The third-order valence-corrected chi connectivity index (χ3v) is 3.67. The molecule has 0 aromatic carbocycles. The van der Waals surface area contributed by atoms with Gasteiger partial charge < -0.3 is 11.1 Å². The standard InChI is InChI=1S/C13H22N2OS/c1-2-3-4-5-8-12(13(14)16)15-10-11-7-6-9-17-11/h6-7,9,12,15H,2-5,8,10H2,1H3,(H2,14,16). The smallest absolute Gasteiger partial charge is 0.234 e. The minimum atomic E-state index is -0.238. The Kier molecular flexibility index (Phi) is 6.89. The number of hydrogen-bond donors (Lipinski definition) is 2. The van der Waals surface area contributed by atoms with E-state index in [-0.39, 0.29) is 11.9 Å². The molecule has 0 bridgehead atoms. The number of carbonyl (C=O) groups is 1. The van der Waals surface area contributed by atoms with Crippen LogP contribution in [0.5, 0.6) is 0 Å². The summed E-state index contributed by atoms with van der Waals surface area (Å²) in [5.41, 5.74) is 5.39. The maximum Gasteiger partial charge on any atom is 0.234 e. The number of carbonyl (C=O) groups excluding carboxylic acids is 1. The summed E-state index contributed by atoms with van der Waals surface area (Å²) in [6, 6.07) is 3.89. The summed E-state index contributed by atoms with van der Waals surface area (Å²) >= 11 is 1.69. The van der Waals surface area contributed by atoms with Crippen molar-refractivity contribution in [3.63, 3.8) is 0 Å². The van der Waals surface area contributed by atoms with Gasteiger partial charge in [0.05, 0.1) is 6.04 Å². The molecule has 1 amide bonds. The second-order valence-corrected chi connectivity index (χ2v) is 5.30. The molecule has 0 aliphatic rings. The van der Waals surface area contributed by atoms with Crippen LogP contribution in [-0.2, 0) is 11.3 Å². The van der Waals surface area contributed by atoms with Crippen LogP contribution in [0.15, 0.2) is 17.5 Å². The number of hydrogen-bond acceptors (Lipinski definition) is 3. The Morgan fingerprint density at radius 1 is 1.47 bits per heavy atom. The summed E-state index contributed by atoms with van der Waals surface area (Å²) < 4.78 is 0. The molecule has 0 aliphatic heterocycles. The van der Waals surface area contributed by atoms with Gasteiger partial charge in [-0.1, -0.05) is 38.7 Å². The topological polar surface area (TPSA) is 55.1 Å². The molecule has 0 radical (unpaired) electrons. The maximum atomic E-state index is 11.3. The molecule has 0 aliphatic carbocycles.